The number of nitrogens with one attached hydrogen (secondary N) is 1. The van der Waals surface area contributed by atoms with Crippen molar-refractivity contribution < 1.29 is 17.9 Å². The fourth-order valence-electron chi connectivity index (χ4n) is 3.72. The maximum atomic E-state index is 12.9. The van der Waals surface area contributed by atoms with E-state index in [1.807, 2.05) is 66.4 Å². The smallest absolute Gasteiger partial charge is 0.367 e. The molecule has 0 amide bonds. The fourth-order valence-corrected chi connectivity index (χ4v) is 4.73. The number of thioether (sulfide) groups is 1. The summed E-state index contributed by atoms with van der Waals surface area (Å²) >= 11 is 1.81. The molecule has 0 bridgehead atoms. The number of tetrazole rings is 1. The number of hydrogen-bond acceptors (Lipinski definition) is 6. The van der Waals surface area contributed by atoms with Crippen LogP contribution in [0.3, 0.4) is 0 Å². The van der Waals surface area contributed by atoms with E-state index in [4.69, 9.17) is 4.74 Å². The molecule has 5 rings (SSSR count). The van der Waals surface area contributed by atoms with Gasteiger partial charge in [0.25, 0.3) is 0 Å². The Balaban J connectivity index is 1.30. The summed E-state index contributed by atoms with van der Waals surface area (Å²) in [5.41, 5.74) is 1.95. The Hall–Kier alpha value is -3.37. The van der Waals surface area contributed by atoms with Crippen LogP contribution in [0.2, 0.25) is 0 Å². The highest BCUT2D eigenvalue weighted by atomic mass is 32.2. The number of halogens is 3. The van der Waals surface area contributed by atoms with E-state index in [1.165, 1.54) is 12.1 Å². The van der Waals surface area contributed by atoms with Crippen LogP contribution < -0.4 is 5.32 Å². The first-order chi connectivity index (χ1) is 16.9. The zero-order valence-corrected chi connectivity index (χ0v) is 19.4. The van der Waals surface area contributed by atoms with Crippen LogP contribution in [0, 0.1) is 0 Å². The van der Waals surface area contributed by atoms with Crippen LogP contribution in [-0.2, 0) is 24.1 Å². The first-order valence-corrected chi connectivity index (χ1v) is 12.1. The van der Waals surface area contributed by atoms with Gasteiger partial charge >= 0.3 is 6.18 Å². The number of aromatic nitrogens is 4. The van der Waals surface area contributed by atoms with E-state index >= 15 is 0 Å². The van der Waals surface area contributed by atoms with Gasteiger partial charge in [-0.2, -0.15) is 29.7 Å². The van der Waals surface area contributed by atoms with Gasteiger partial charge in [-0.25, -0.2) is 0 Å². The summed E-state index contributed by atoms with van der Waals surface area (Å²) in [5, 5.41) is 16.2. The summed E-state index contributed by atoms with van der Waals surface area (Å²) in [6.07, 6.45) is -4.38. The summed E-state index contributed by atoms with van der Waals surface area (Å²) in [5.74, 6) is 2.12. The second-order valence-electron chi connectivity index (χ2n) is 8.34. The molecule has 180 valence electrons. The Morgan fingerprint density at radius 2 is 1.66 bits per heavy atom. The van der Waals surface area contributed by atoms with Gasteiger partial charge in [0, 0.05) is 28.4 Å². The molecule has 1 saturated heterocycles. The normalized spacial score (nSPS) is 14.9. The zero-order chi connectivity index (χ0) is 24.3. The van der Waals surface area contributed by atoms with Gasteiger partial charge in [-0.3, -0.25) is 0 Å². The van der Waals surface area contributed by atoms with Crippen molar-refractivity contribution in [1.29, 1.82) is 0 Å². The molecule has 0 aliphatic carbocycles. The number of benzene rings is 3. The van der Waals surface area contributed by atoms with Crippen molar-refractivity contribution in [1.82, 2.24) is 20.2 Å². The maximum Gasteiger partial charge on any atom is 0.416 e. The molecule has 1 N–H and O–H groups in total. The predicted molar refractivity (Wildman–Crippen MR) is 129 cm³/mol. The van der Waals surface area contributed by atoms with Gasteiger partial charge in [0.2, 0.25) is 5.82 Å². The maximum absolute atomic E-state index is 12.9. The van der Waals surface area contributed by atoms with E-state index < -0.39 is 11.7 Å². The molecular formula is C25H22F3N5OS. The Labute approximate surface area is 204 Å². The van der Waals surface area contributed by atoms with Crippen LogP contribution in [0.5, 0.6) is 0 Å². The number of anilines is 2. The molecule has 4 aromatic rings. The van der Waals surface area contributed by atoms with E-state index in [2.05, 4.69) is 20.7 Å². The van der Waals surface area contributed by atoms with Gasteiger partial charge in [-0.15, -0.1) is 10.2 Å². The number of rotatable bonds is 8. The standard InChI is InChI=1S/C25H22F3N5OS/c26-25(27,28)19-10-12-20(13-11-19)29-22-9-5-4-8-21(22)23-30-32-33(31-23)15-24(16-35-17-24)34-14-18-6-2-1-3-7-18/h1-13,29H,14-17H2. The molecule has 0 unspecified atom stereocenters. The number of alkyl halides is 3. The summed E-state index contributed by atoms with van der Waals surface area (Å²) in [4.78, 5) is 1.55. The molecule has 1 aliphatic rings. The Bertz CT molecular complexity index is 1270. The third kappa shape index (κ3) is 5.49. The van der Waals surface area contributed by atoms with E-state index in [0.29, 0.717) is 35.9 Å². The summed E-state index contributed by atoms with van der Waals surface area (Å²) in [6, 6.07) is 22.2. The highest BCUT2D eigenvalue weighted by Gasteiger charge is 2.40. The average Bonchev–Trinajstić information content (AvgIpc) is 3.30. The molecule has 3 aromatic carbocycles. The first kappa shape index (κ1) is 23.4. The van der Waals surface area contributed by atoms with E-state index in [1.54, 1.807) is 4.80 Å². The van der Waals surface area contributed by atoms with Crippen LogP contribution in [0.15, 0.2) is 78.9 Å². The molecule has 0 radical (unpaired) electrons. The van der Waals surface area contributed by atoms with Gasteiger partial charge in [-0.1, -0.05) is 42.5 Å². The zero-order valence-electron chi connectivity index (χ0n) is 18.6. The van der Waals surface area contributed by atoms with Crippen LogP contribution in [0.1, 0.15) is 11.1 Å². The van der Waals surface area contributed by atoms with Crippen LogP contribution >= 0.6 is 11.8 Å². The number of nitrogens with zero attached hydrogens (tertiary/aromatic N) is 4. The second-order valence-corrected chi connectivity index (χ2v) is 9.32. The van der Waals surface area contributed by atoms with Crippen molar-refractivity contribution in [3.63, 3.8) is 0 Å². The van der Waals surface area contributed by atoms with Crippen molar-refractivity contribution >= 4 is 23.1 Å². The predicted octanol–water partition coefficient (Wildman–Crippen LogP) is 5.80. The van der Waals surface area contributed by atoms with Crippen LogP contribution in [0.25, 0.3) is 11.4 Å². The van der Waals surface area contributed by atoms with Crippen LogP contribution in [-0.4, -0.2) is 37.3 Å². The lowest BCUT2D eigenvalue weighted by molar-refractivity contribution is -0.137. The third-order valence-corrected chi connectivity index (χ3v) is 7.12. The Morgan fingerprint density at radius 3 is 2.34 bits per heavy atom. The number of hydrogen-bond donors (Lipinski definition) is 1. The number of ether oxygens (including phenoxy) is 1. The highest BCUT2D eigenvalue weighted by Crippen LogP contribution is 2.36. The minimum absolute atomic E-state index is 0.351. The lowest BCUT2D eigenvalue weighted by Gasteiger charge is -2.40. The van der Waals surface area contributed by atoms with E-state index in [9.17, 15) is 13.2 Å². The monoisotopic (exact) mass is 497 g/mol. The van der Waals surface area contributed by atoms with Crippen molar-refractivity contribution in [2.24, 2.45) is 0 Å². The molecule has 1 fully saturated rings. The van der Waals surface area contributed by atoms with Gasteiger partial charge in [0.1, 0.15) is 5.60 Å². The van der Waals surface area contributed by atoms with Gasteiger partial charge in [0.15, 0.2) is 0 Å². The first-order valence-electron chi connectivity index (χ1n) is 11.0. The number of para-hydroxylation sites is 1. The molecule has 1 aliphatic heterocycles. The van der Waals surface area contributed by atoms with Crippen molar-refractivity contribution in [2.45, 2.75) is 24.9 Å². The Kier molecular flexibility index (Phi) is 6.48. The van der Waals surface area contributed by atoms with Crippen molar-refractivity contribution in [3.05, 3.63) is 90.0 Å². The highest BCUT2D eigenvalue weighted by molar-refractivity contribution is 8.00. The molecule has 35 heavy (non-hydrogen) atoms. The molecule has 2 heterocycles. The lowest BCUT2D eigenvalue weighted by atomic mass is 10.1. The second kappa shape index (κ2) is 9.71. The van der Waals surface area contributed by atoms with Gasteiger partial charge in [0.05, 0.1) is 18.7 Å². The topological polar surface area (TPSA) is 64.9 Å². The van der Waals surface area contributed by atoms with E-state index in [-0.39, 0.29) is 5.60 Å². The third-order valence-electron chi connectivity index (χ3n) is 5.66. The molecule has 6 nitrogen and oxygen atoms in total. The molecule has 1 aromatic heterocycles. The molecule has 0 spiro atoms. The molecule has 0 saturated carbocycles. The molecule has 10 heteroatoms. The minimum atomic E-state index is -4.38. The average molecular weight is 498 g/mol. The van der Waals surface area contributed by atoms with Crippen LogP contribution in [0.4, 0.5) is 24.5 Å². The summed E-state index contributed by atoms with van der Waals surface area (Å²) < 4.78 is 44.8. The lowest BCUT2D eigenvalue weighted by Crippen LogP contribution is -2.50. The van der Waals surface area contributed by atoms with Crippen molar-refractivity contribution in [2.75, 3.05) is 16.8 Å². The Morgan fingerprint density at radius 1 is 0.943 bits per heavy atom. The minimum Gasteiger partial charge on any atom is -0.367 e. The molecular weight excluding hydrogens is 475 g/mol. The fraction of sp³-hybridized carbons (Fsp3) is 0.240. The summed E-state index contributed by atoms with van der Waals surface area (Å²) in [6.45, 7) is 0.997. The summed E-state index contributed by atoms with van der Waals surface area (Å²) in [7, 11) is 0. The van der Waals surface area contributed by atoms with Crippen molar-refractivity contribution in [3.8, 4) is 11.4 Å². The van der Waals surface area contributed by atoms with Gasteiger partial charge < -0.3 is 10.1 Å². The van der Waals surface area contributed by atoms with E-state index in [0.717, 1.165) is 29.2 Å². The SMILES string of the molecule is FC(F)(F)c1ccc(Nc2ccccc2-c2nnn(CC3(OCc4ccccc4)CSC3)n2)cc1. The quantitative estimate of drug-likeness (QED) is 0.332. The molecule has 0 atom stereocenters. The van der Waals surface area contributed by atoms with Gasteiger partial charge in [-0.05, 0) is 47.2 Å². The largest absolute Gasteiger partial charge is 0.416 e.